The summed E-state index contributed by atoms with van der Waals surface area (Å²) in [5, 5.41) is 0. The third kappa shape index (κ3) is 4.13. The van der Waals surface area contributed by atoms with Crippen LogP contribution in [0.4, 0.5) is 0 Å². The number of hydrogen-bond acceptors (Lipinski definition) is 2. The van der Waals surface area contributed by atoms with Gasteiger partial charge < -0.3 is 9.22 Å². The van der Waals surface area contributed by atoms with E-state index in [1.807, 2.05) is 24.3 Å². The highest BCUT2D eigenvalue weighted by Crippen LogP contribution is 2.20. The average Bonchev–Trinajstić information content (AvgIpc) is 2.05. The minimum absolute atomic E-state index is 0.274. The summed E-state index contributed by atoms with van der Waals surface area (Å²) in [5.74, 6) is 0.391. The Morgan fingerprint density at radius 1 is 1.27 bits per heavy atom. The minimum Gasteiger partial charge on any atom is -0.426 e. The second kappa shape index (κ2) is 4.45. The van der Waals surface area contributed by atoms with Crippen molar-refractivity contribution in [3.8, 4) is 5.75 Å². The van der Waals surface area contributed by atoms with E-state index in [4.69, 9.17) is 4.74 Å². The number of carbonyl (C=O) groups is 1. The summed E-state index contributed by atoms with van der Waals surface area (Å²) in [7, 11) is 6.31. The number of benzene rings is 1. The van der Waals surface area contributed by atoms with Gasteiger partial charge in [-0.2, -0.15) is 0 Å². The van der Waals surface area contributed by atoms with Gasteiger partial charge in [0, 0.05) is 12.5 Å². The lowest BCUT2D eigenvalue weighted by molar-refractivity contribution is -0.884. The van der Waals surface area contributed by atoms with Gasteiger partial charge in [-0.25, -0.2) is 0 Å². The van der Waals surface area contributed by atoms with Crippen LogP contribution >= 0.6 is 0 Å². The second-order valence-electron chi connectivity index (χ2n) is 4.65. The normalized spacial score (nSPS) is 11.2. The van der Waals surface area contributed by atoms with Gasteiger partial charge in [0.1, 0.15) is 12.3 Å². The maximum atomic E-state index is 10.9. The molecule has 0 spiro atoms. The lowest BCUT2D eigenvalue weighted by Crippen LogP contribution is -2.33. The minimum atomic E-state index is -0.274. The first-order valence-corrected chi connectivity index (χ1v) is 4.95. The van der Waals surface area contributed by atoms with Crippen LogP contribution in [-0.2, 0) is 11.3 Å². The fourth-order valence-corrected chi connectivity index (χ4v) is 1.40. The van der Waals surface area contributed by atoms with E-state index >= 15 is 0 Å². The summed E-state index contributed by atoms with van der Waals surface area (Å²) in [6.07, 6.45) is 0. The molecule has 1 aromatic carbocycles. The average molecular weight is 208 g/mol. The quantitative estimate of drug-likeness (QED) is 0.430. The summed E-state index contributed by atoms with van der Waals surface area (Å²) < 4.78 is 5.95. The summed E-state index contributed by atoms with van der Waals surface area (Å²) in [4.78, 5) is 10.9. The molecule has 0 atom stereocenters. The van der Waals surface area contributed by atoms with Crippen molar-refractivity contribution in [3.63, 3.8) is 0 Å². The molecular weight excluding hydrogens is 190 g/mol. The number of rotatable bonds is 3. The second-order valence-corrected chi connectivity index (χ2v) is 4.65. The molecule has 0 saturated carbocycles. The van der Waals surface area contributed by atoms with E-state index in [2.05, 4.69) is 21.1 Å². The summed E-state index contributed by atoms with van der Waals surface area (Å²) in [6, 6.07) is 7.64. The van der Waals surface area contributed by atoms with E-state index < -0.39 is 0 Å². The molecule has 0 heterocycles. The molecule has 15 heavy (non-hydrogen) atoms. The molecular formula is C12H18NO2+. The number of quaternary nitrogens is 1. The standard InChI is InChI=1S/C12H18NO2/c1-10(14)15-12-8-6-5-7-11(12)9-13(2,3)4/h5-8H,9H2,1-4H3/q+1. The molecule has 1 aromatic rings. The predicted molar refractivity (Wildman–Crippen MR) is 59.5 cm³/mol. The highest BCUT2D eigenvalue weighted by atomic mass is 16.5. The van der Waals surface area contributed by atoms with Crippen LogP contribution < -0.4 is 4.74 Å². The number of hydrogen-bond donors (Lipinski definition) is 0. The van der Waals surface area contributed by atoms with E-state index in [-0.39, 0.29) is 5.97 Å². The molecule has 1 rings (SSSR count). The lowest BCUT2D eigenvalue weighted by Gasteiger charge is -2.24. The van der Waals surface area contributed by atoms with Gasteiger partial charge in [0.15, 0.2) is 0 Å². The van der Waals surface area contributed by atoms with Crippen LogP contribution in [0.3, 0.4) is 0 Å². The number of carbonyl (C=O) groups excluding carboxylic acids is 1. The SMILES string of the molecule is CC(=O)Oc1ccccc1C[N+](C)(C)C. The molecule has 0 N–H and O–H groups in total. The van der Waals surface area contributed by atoms with E-state index in [9.17, 15) is 4.79 Å². The molecule has 0 aliphatic heterocycles. The summed E-state index contributed by atoms with van der Waals surface area (Å²) in [6.45, 7) is 2.26. The molecule has 3 nitrogen and oxygen atoms in total. The van der Waals surface area contributed by atoms with Gasteiger partial charge in [-0.3, -0.25) is 4.79 Å². The Hall–Kier alpha value is -1.35. The van der Waals surface area contributed by atoms with Crippen molar-refractivity contribution in [1.29, 1.82) is 0 Å². The van der Waals surface area contributed by atoms with E-state index in [0.29, 0.717) is 5.75 Å². The van der Waals surface area contributed by atoms with Crippen molar-refractivity contribution in [3.05, 3.63) is 29.8 Å². The smallest absolute Gasteiger partial charge is 0.308 e. The number of nitrogens with zero attached hydrogens (tertiary/aromatic N) is 1. The van der Waals surface area contributed by atoms with Crippen molar-refractivity contribution >= 4 is 5.97 Å². The van der Waals surface area contributed by atoms with Crippen LogP contribution in [-0.4, -0.2) is 31.6 Å². The van der Waals surface area contributed by atoms with Gasteiger partial charge in [0.2, 0.25) is 0 Å². The Labute approximate surface area is 90.9 Å². The van der Waals surface area contributed by atoms with Gasteiger partial charge >= 0.3 is 5.97 Å². The van der Waals surface area contributed by atoms with Gasteiger partial charge in [-0.1, -0.05) is 12.1 Å². The number of esters is 1. The highest BCUT2D eigenvalue weighted by Gasteiger charge is 2.13. The van der Waals surface area contributed by atoms with Crippen LogP contribution in [0.25, 0.3) is 0 Å². The first-order valence-electron chi connectivity index (χ1n) is 4.95. The molecule has 0 bridgehead atoms. The van der Waals surface area contributed by atoms with Crippen LogP contribution in [0, 0.1) is 0 Å². The van der Waals surface area contributed by atoms with Gasteiger partial charge in [-0.15, -0.1) is 0 Å². The van der Waals surface area contributed by atoms with Crippen LogP contribution in [0.2, 0.25) is 0 Å². The third-order valence-electron chi connectivity index (χ3n) is 1.87. The molecule has 0 radical (unpaired) electrons. The number of para-hydroxylation sites is 1. The van der Waals surface area contributed by atoms with Gasteiger partial charge in [0.25, 0.3) is 0 Å². The van der Waals surface area contributed by atoms with Gasteiger partial charge in [0.05, 0.1) is 21.1 Å². The molecule has 0 unspecified atom stereocenters. The van der Waals surface area contributed by atoms with Crippen molar-refractivity contribution in [1.82, 2.24) is 0 Å². The van der Waals surface area contributed by atoms with Crippen molar-refractivity contribution < 1.29 is 14.0 Å². The Bertz CT molecular complexity index is 353. The topological polar surface area (TPSA) is 26.3 Å². The predicted octanol–water partition coefficient (Wildman–Crippen LogP) is 1.82. The Morgan fingerprint density at radius 2 is 1.87 bits per heavy atom. The van der Waals surface area contributed by atoms with Crippen LogP contribution in [0.15, 0.2) is 24.3 Å². The Morgan fingerprint density at radius 3 is 2.40 bits per heavy atom. The van der Waals surface area contributed by atoms with Crippen molar-refractivity contribution in [2.24, 2.45) is 0 Å². The fourth-order valence-electron chi connectivity index (χ4n) is 1.40. The zero-order chi connectivity index (χ0) is 11.5. The molecule has 3 heteroatoms. The van der Waals surface area contributed by atoms with E-state index in [1.165, 1.54) is 6.92 Å². The fraction of sp³-hybridized carbons (Fsp3) is 0.417. The van der Waals surface area contributed by atoms with Crippen molar-refractivity contribution in [2.75, 3.05) is 21.1 Å². The first kappa shape index (κ1) is 11.7. The number of ether oxygens (including phenoxy) is 1. The largest absolute Gasteiger partial charge is 0.426 e. The Kier molecular flexibility index (Phi) is 3.48. The Balaban J connectivity index is 2.91. The zero-order valence-electron chi connectivity index (χ0n) is 9.78. The van der Waals surface area contributed by atoms with Crippen LogP contribution in [0.1, 0.15) is 12.5 Å². The van der Waals surface area contributed by atoms with Gasteiger partial charge in [-0.05, 0) is 12.1 Å². The molecule has 0 aliphatic carbocycles. The third-order valence-corrected chi connectivity index (χ3v) is 1.87. The molecule has 0 amide bonds. The molecule has 0 aromatic heterocycles. The lowest BCUT2D eigenvalue weighted by atomic mass is 10.2. The molecule has 0 aliphatic rings. The maximum Gasteiger partial charge on any atom is 0.308 e. The highest BCUT2D eigenvalue weighted by molar-refractivity contribution is 5.69. The van der Waals surface area contributed by atoms with E-state index in [0.717, 1.165) is 16.6 Å². The molecule has 0 saturated heterocycles. The first-order chi connectivity index (χ1) is 6.88. The summed E-state index contributed by atoms with van der Waals surface area (Å²) >= 11 is 0. The monoisotopic (exact) mass is 208 g/mol. The summed E-state index contributed by atoms with van der Waals surface area (Å²) in [5.41, 5.74) is 1.06. The van der Waals surface area contributed by atoms with Crippen LogP contribution in [0.5, 0.6) is 5.75 Å². The molecule has 0 fully saturated rings. The maximum absolute atomic E-state index is 10.9. The zero-order valence-corrected chi connectivity index (χ0v) is 9.78. The van der Waals surface area contributed by atoms with Crippen molar-refractivity contribution in [2.45, 2.75) is 13.5 Å². The van der Waals surface area contributed by atoms with E-state index in [1.54, 1.807) is 0 Å². The molecule has 82 valence electrons.